The smallest absolute Gasteiger partial charge is 0.321 e. The van der Waals surface area contributed by atoms with Crippen LogP contribution in [0.25, 0.3) is 0 Å². The molecule has 1 aromatic rings. The van der Waals surface area contributed by atoms with E-state index in [4.69, 9.17) is 10.5 Å². The van der Waals surface area contributed by atoms with Crippen LogP contribution in [0.2, 0.25) is 0 Å². The fourth-order valence-electron chi connectivity index (χ4n) is 2.42. The first-order valence-corrected chi connectivity index (χ1v) is 7.09. The predicted molar refractivity (Wildman–Crippen MR) is 79.0 cm³/mol. The van der Waals surface area contributed by atoms with Crippen molar-refractivity contribution < 1.29 is 14.3 Å². The molecule has 0 saturated heterocycles. The molecule has 4 N–H and O–H groups in total. The Bertz CT molecular complexity index is 545. The van der Waals surface area contributed by atoms with Gasteiger partial charge in [-0.1, -0.05) is 6.07 Å². The molecular formula is C15H21N3O3. The van der Waals surface area contributed by atoms with E-state index in [9.17, 15) is 9.59 Å². The second-order valence-corrected chi connectivity index (χ2v) is 5.19. The Hall–Kier alpha value is -2.08. The second-order valence-electron chi connectivity index (χ2n) is 5.19. The minimum Gasteiger partial charge on any atom is -0.481 e. The molecule has 6 nitrogen and oxygen atoms in total. The van der Waals surface area contributed by atoms with Gasteiger partial charge in [-0.25, -0.2) is 4.79 Å². The summed E-state index contributed by atoms with van der Waals surface area (Å²) >= 11 is 0. The number of nitrogens with two attached hydrogens (primary N) is 1. The van der Waals surface area contributed by atoms with Crippen molar-refractivity contribution in [1.29, 1.82) is 0 Å². The Morgan fingerprint density at radius 1 is 1.43 bits per heavy atom. The first-order chi connectivity index (χ1) is 10.0. The number of benzene rings is 1. The Labute approximate surface area is 124 Å². The van der Waals surface area contributed by atoms with Crippen LogP contribution in [-0.4, -0.2) is 25.1 Å². The van der Waals surface area contributed by atoms with Crippen LogP contribution in [-0.2, 0) is 11.2 Å². The molecule has 0 saturated carbocycles. The van der Waals surface area contributed by atoms with Crippen molar-refractivity contribution in [2.75, 3.05) is 7.05 Å². The van der Waals surface area contributed by atoms with Gasteiger partial charge in [0.05, 0.1) is 0 Å². The lowest BCUT2D eigenvalue weighted by Crippen LogP contribution is -2.43. The molecule has 0 aromatic heterocycles. The zero-order valence-corrected chi connectivity index (χ0v) is 12.3. The lowest BCUT2D eigenvalue weighted by atomic mass is 9.88. The maximum absolute atomic E-state index is 11.7. The number of carbonyl (C=O) groups excluding carboxylic acids is 2. The SMILES string of the molecule is CNC(=O)NC(=O)C(C)Oc1ccc2c(c1)C(N)CCC2. The first-order valence-electron chi connectivity index (χ1n) is 7.09. The van der Waals surface area contributed by atoms with Crippen molar-refractivity contribution in [2.45, 2.75) is 38.3 Å². The topological polar surface area (TPSA) is 93.5 Å². The van der Waals surface area contributed by atoms with E-state index in [1.165, 1.54) is 12.6 Å². The highest BCUT2D eigenvalue weighted by molar-refractivity contribution is 5.96. The van der Waals surface area contributed by atoms with E-state index in [0.717, 1.165) is 24.8 Å². The average molecular weight is 291 g/mol. The molecular weight excluding hydrogens is 270 g/mol. The molecule has 0 spiro atoms. The molecule has 0 aliphatic heterocycles. The van der Waals surface area contributed by atoms with Crippen LogP contribution in [0.4, 0.5) is 4.79 Å². The number of ether oxygens (including phenoxy) is 1. The van der Waals surface area contributed by atoms with Gasteiger partial charge < -0.3 is 15.8 Å². The maximum atomic E-state index is 11.7. The van der Waals surface area contributed by atoms with Crippen LogP contribution < -0.4 is 21.1 Å². The van der Waals surface area contributed by atoms with Crippen LogP contribution in [0.5, 0.6) is 5.75 Å². The molecule has 2 rings (SSSR count). The van der Waals surface area contributed by atoms with Crippen LogP contribution in [0.15, 0.2) is 18.2 Å². The van der Waals surface area contributed by atoms with Gasteiger partial charge >= 0.3 is 6.03 Å². The number of nitrogens with one attached hydrogen (secondary N) is 2. The summed E-state index contributed by atoms with van der Waals surface area (Å²) in [6, 6.07) is 5.19. The van der Waals surface area contributed by atoms with Crippen LogP contribution in [0, 0.1) is 0 Å². The lowest BCUT2D eigenvalue weighted by Gasteiger charge is -2.23. The first kappa shape index (κ1) is 15.3. The van der Waals surface area contributed by atoms with Crippen LogP contribution in [0.1, 0.15) is 36.9 Å². The van der Waals surface area contributed by atoms with E-state index >= 15 is 0 Å². The zero-order valence-electron chi connectivity index (χ0n) is 12.3. The number of hydrogen-bond donors (Lipinski definition) is 3. The Morgan fingerprint density at radius 3 is 2.90 bits per heavy atom. The molecule has 2 unspecified atom stereocenters. The van der Waals surface area contributed by atoms with Gasteiger partial charge in [-0.2, -0.15) is 0 Å². The van der Waals surface area contributed by atoms with Crippen LogP contribution >= 0.6 is 0 Å². The summed E-state index contributed by atoms with van der Waals surface area (Å²) in [4.78, 5) is 22.8. The number of fused-ring (bicyclic) bond motifs is 1. The summed E-state index contributed by atoms with van der Waals surface area (Å²) in [5.74, 6) is 0.0991. The number of rotatable bonds is 3. The van der Waals surface area contributed by atoms with Gasteiger partial charge in [0.1, 0.15) is 5.75 Å². The van der Waals surface area contributed by atoms with Gasteiger partial charge in [0.15, 0.2) is 6.10 Å². The van der Waals surface area contributed by atoms with E-state index in [1.54, 1.807) is 6.92 Å². The second kappa shape index (κ2) is 6.58. The minimum atomic E-state index is -0.764. The Morgan fingerprint density at radius 2 is 2.19 bits per heavy atom. The predicted octanol–water partition coefficient (Wildman–Crippen LogP) is 1.25. The fourth-order valence-corrected chi connectivity index (χ4v) is 2.42. The monoisotopic (exact) mass is 291 g/mol. The third-order valence-electron chi connectivity index (χ3n) is 3.62. The van der Waals surface area contributed by atoms with Crippen molar-refractivity contribution in [2.24, 2.45) is 5.73 Å². The van der Waals surface area contributed by atoms with Gasteiger partial charge in [-0.05, 0) is 49.4 Å². The van der Waals surface area contributed by atoms with E-state index in [2.05, 4.69) is 10.6 Å². The molecule has 1 aromatic carbocycles. The molecule has 1 aliphatic carbocycles. The van der Waals surface area contributed by atoms with Crippen molar-refractivity contribution in [3.63, 3.8) is 0 Å². The molecule has 1 aliphatic rings. The van der Waals surface area contributed by atoms with Crippen molar-refractivity contribution >= 4 is 11.9 Å². The maximum Gasteiger partial charge on any atom is 0.321 e. The number of aryl methyl sites for hydroxylation is 1. The Balaban J connectivity index is 2.04. The molecule has 3 amide bonds. The number of hydrogen-bond acceptors (Lipinski definition) is 4. The molecule has 0 heterocycles. The van der Waals surface area contributed by atoms with E-state index in [-0.39, 0.29) is 6.04 Å². The summed E-state index contributed by atoms with van der Waals surface area (Å²) in [5, 5.41) is 4.50. The van der Waals surface area contributed by atoms with E-state index in [0.29, 0.717) is 5.75 Å². The molecule has 0 bridgehead atoms. The minimum absolute atomic E-state index is 0.0206. The van der Waals surface area contributed by atoms with E-state index in [1.807, 2.05) is 18.2 Å². The zero-order chi connectivity index (χ0) is 15.4. The third-order valence-corrected chi connectivity index (χ3v) is 3.62. The van der Waals surface area contributed by atoms with Gasteiger partial charge in [-0.3, -0.25) is 10.1 Å². The summed E-state index contributed by atoms with van der Waals surface area (Å²) in [7, 11) is 1.44. The van der Waals surface area contributed by atoms with Crippen molar-refractivity contribution in [3.8, 4) is 5.75 Å². The standard InChI is InChI=1S/C15H21N3O3/c1-9(14(19)18-15(20)17-2)21-11-7-6-10-4-3-5-13(16)12(10)8-11/h6-9,13H,3-5,16H2,1-2H3,(H2,17,18,19,20). The fraction of sp³-hybridized carbons (Fsp3) is 0.467. The molecule has 114 valence electrons. The van der Waals surface area contributed by atoms with Crippen molar-refractivity contribution in [1.82, 2.24) is 10.6 Å². The Kier molecular flexibility index (Phi) is 4.80. The highest BCUT2D eigenvalue weighted by Gasteiger charge is 2.20. The molecule has 0 radical (unpaired) electrons. The molecule has 2 atom stereocenters. The van der Waals surface area contributed by atoms with Crippen molar-refractivity contribution in [3.05, 3.63) is 29.3 Å². The van der Waals surface area contributed by atoms with Gasteiger partial charge in [0, 0.05) is 13.1 Å². The average Bonchev–Trinajstić information content (AvgIpc) is 2.47. The summed E-state index contributed by atoms with van der Waals surface area (Å²) in [6.07, 6.45) is 2.32. The van der Waals surface area contributed by atoms with Gasteiger partial charge in [0.25, 0.3) is 5.91 Å². The summed E-state index contributed by atoms with van der Waals surface area (Å²) < 4.78 is 5.59. The number of urea groups is 1. The molecule has 6 heteroatoms. The third kappa shape index (κ3) is 3.72. The van der Waals surface area contributed by atoms with Gasteiger partial charge in [-0.15, -0.1) is 0 Å². The van der Waals surface area contributed by atoms with Crippen LogP contribution in [0.3, 0.4) is 0 Å². The summed E-state index contributed by atoms with van der Waals surface area (Å²) in [6.45, 7) is 1.59. The molecule has 21 heavy (non-hydrogen) atoms. The molecule has 0 fully saturated rings. The number of amides is 3. The number of carbonyl (C=O) groups is 2. The van der Waals surface area contributed by atoms with E-state index < -0.39 is 18.0 Å². The lowest BCUT2D eigenvalue weighted by molar-refractivity contribution is -0.126. The highest BCUT2D eigenvalue weighted by Crippen LogP contribution is 2.31. The quantitative estimate of drug-likeness (QED) is 0.781. The largest absolute Gasteiger partial charge is 0.481 e. The van der Waals surface area contributed by atoms with Gasteiger partial charge in [0.2, 0.25) is 0 Å². The highest BCUT2D eigenvalue weighted by atomic mass is 16.5. The number of imide groups is 1. The summed E-state index contributed by atoms with van der Waals surface area (Å²) in [5.41, 5.74) is 8.42. The normalized spacial score (nSPS) is 18.3.